The molecule has 0 aliphatic rings. The predicted molar refractivity (Wildman–Crippen MR) is 81.6 cm³/mol. The number of nitrogens with zero attached hydrogens (tertiary/aromatic N) is 1. The fourth-order valence-electron chi connectivity index (χ4n) is 1.72. The van der Waals surface area contributed by atoms with Crippen LogP contribution in [0.25, 0.3) is 0 Å². The first-order valence-electron chi connectivity index (χ1n) is 5.84. The second-order valence-corrected chi connectivity index (χ2v) is 6.91. The number of aryl methyl sites for hydroxylation is 1. The smallest absolute Gasteiger partial charge is 0.241 e. The number of pyridine rings is 1. The largest absolute Gasteiger partial charge is 0.398 e. The summed E-state index contributed by atoms with van der Waals surface area (Å²) in [5.41, 5.74) is 7.55. The lowest BCUT2D eigenvalue weighted by Crippen LogP contribution is -2.24. The Bertz CT molecular complexity index is 718. The molecule has 0 aliphatic carbocycles. The fourth-order valence-corrected chi connectivity index (χ4v) is 3.45. The first kappa shape index (κ1) is 15.0. The summed E-state index contributed by atoms with van der Waals surface area (Å²) in [5.74, 6) is 0. The third-order valence-electron chi connectivity index (χ3n) is 2.77. The first-order chi connectivity index (χ1) is 9.40. The van der Waals surface area contributed by atoms with Crippen LogP contribution in [-0.2, 0) is 16.6 Å². The Kier molecular flexibility index (Phi) is 4.42. The number of hydrogen-bond acceptors (Lipinski definition) is 4. The van der Waals surface area contributed by atoms with E-state index in [1.54, 1.807) is 37.5 Å². The van der Waals surface area contributed by atoms with Crippen LogP contribution in [0.2, 0.25) is 0 Å². The molecule has 7 heteroatoms. The first-order valence-corrected chi connectivity index (χ1v) is 8.12. The highest BCUT2D eigenvalue weighted by atomic mass is 79.9. The van der Waals surface area contributed by atoms with Crippen molar-refractivity contribution in [1.29, 1.82) is 0 Å². The molecule has 0 amide bonds. The van der Waals surface area contributed by atoms with Gasteiger partial charge in [-0.05, 0) is 52.2 Å². The molecule has 0 radical (unpaired) electrons. The van der Waals surface area contributed by atoms with Crippen molar-refractivity contribution in [3.8, 4) is 0 Å². The molecule has 2 aromatic rings. The number of anilines is 1. The molecule has 3 N–H and O–H groups in total. The van der Waals surface area contributed by atoms with Gasteiger partial charge in [0, 0.05) is 29.1 Å². The number of sulfonamides is 1. The van der Waals surface area contributed by atoms with Gasteiger partial charge in [-0.25, -0.2) is 13.1 Å². The number of aromatic nitrogens is 1. The molecule has 0 saturated carbocycles. The van der Waals surface area contributed by atoms with Gasteiger partial charge in [0.15, 0.2) is 0 Å². The molecule has 1 aromatic heterocycles. The number of benzene rings is 1. The standard InChI is InChI=1S/C13H14BrN3O2S/c1-9-5-11(14)12(15)6-13(9)20(18,19)17-8-10-3-2-4-16-7-10/h2-7,17H,8,15H2,1H3. The molecule has 0 aliphatic heterocycles. The molecule has 106 valence electrons. The number of nitrogens with two attached hydrogens (primary N) is 1. The highest BCUT2D eigenvalue weighted by Gasteiger charge is 2.18. The van der Waals surface area contributed by atoms with Crippen LogP contribution >= 0.6 is 15.9 Å². The molecule has 5 nitrogen and oxygen atoms in total. The van der Waals surface area contributed by atoms with Crippen LogP contribution in [0, 0.1) is 6.92 Å². The van der Waals surface area contributed by atoms with Crippen LogP contribution in [0.3, 0.4) is 0 Å². The van der Waals surface area contributed by atoms with Gasteiger partial charge in [0.05, 0.1) is 4.90 Å². The minimum absolute atomic E-state index is 0.182. The normalized spacial score (nSPS) is 11.5. The van der Waals surface area contributed by atoms with E-state index in [1.807, 2.05) is 0 Å². The summed E-state index contributed by atoms with van der Waals surface area (Å²) in [6.07, 6.45) is 3.25. The maximum Gasteiger partial charge on any atom is 0.241 e. The molecule has 0 fully saturated rings. The molecule has 1 heterocycles. The maximum atomic E-state index is 12.3. The Balaban J connectivity index is 2.25. The summed E-state index contributed by atoms with van der Waals surface area (Å²) >= 11 is 3.27. The van der Waals surface area contributed by atoms with Crippen LogP contribution in [0.15, 0.2) is 46.0 Å². The van der Waals surface area contributed by atoms with Crippen molar-refractivity contribution in [3.05, 3.63) is 52.3 Å². The number of hydrogen-bond donors (Lipinski definition) is 2. The van der Waals surface area contributed by atoms with Crippen LogP contribution in [0.1, 0.15) is 11.1 Å². The Morgan fingerprint density at radius 2 is 2.15 bits per heavy atom. The Hall–Kier alpha value is -1.44. The average Bonchev–Trinajstić information content (AvgIpc) is 2.42. The van der Waals surface area contributed by atoms with Gasteiger partial charge in [-0.15, -0.1) is 0 Å². The molecule has 0 spiro atoms. The SMILES string of the molecule is Cc1cc(Br)c(N)cc1S(=O)(=O)NCc1cccnc1. The lowest BCUT2D eigenvalue weighted by molar-refractivity contribution is 0.580. The van der Waals surface area contributed by atoms with Gasteiger partial charge in [0.25, 0.3) is 0 Å². The zero-order valence-corrected chi connectivity index (χ0v) is 13.2. The zero-order chi connectivity index (χ0) is 14.8. The molecule has 0 bridgehead atoms. The van der Waals surface area contributed by atoms with Crippen LogP contribution in [0.5, 0.6) is 0 Å². The molecule has 20 heavy (non-hydrogen) atoms. The summed E-state index contributed by atoms with van der Waals surface area (Å²) in [4.78, 5) is 4.12. The molecule has 0 unspecified atom stereocenters. The van der Waals surface area contributed by atoms with E-state index in [1.165, 1.54) is 6.07 Å². The lowest BCUT2D eigenvalue weighted by Gasteiger charge is -2.11. The summed E-state index contributed by atoms with van der Waals surface area (Å²) < 4.78 is 27.8. The summed E-state index contributed by atoms with van der Waals surface area (Å²) in [5, 5.41) is 0. The minimum Gasteiger partial charge on any atom is -0.398 e. The highest BCUT2D eigenvalue weighted by molar-refractivity contribution is 9.10. The third-order valence-corrected chi connectivity index (χ3v) is 5.00. The van der Waals surface area contributed by atoms with Gasteiger partial charge < -0.3 is 5.73 Å². The van der Waals surface area contributed by atoms with Crippen molar-refractivity contribution < 1.29 is 8.42 Å². The van der Waals surface area contributed by atoms with Gasteiger partial charge in [-0.1, -0.05) is 6.07 Å². The van der Waals surface area contributed by atoms with Crippen molar-refractivity contribution in [2.45, 2.75) is 18.4 Å². The summed E-state index contributed by atoms with van der Waals surface area (Å²) in [7, 11) is -3.61. The van der Waals surface area contributed by atoms with E-state index >= 15 is 0 Å². The lowest BCUT2D eigenvalue weighted by atomic mass is 10.2. The number of rotatable bonds is 4. The van der Waals surface area contributed by atoms with Gasteiger partial charge in [-0.2, -0.15) is 0 Å². The van der Waals surface area contributed by atoms with Gasteiger partial charge in [-0.3, -0.25) is 4.98 Å². The molecular weight excluding hydrogens is 342 g/mol. The third kappa shape index (κ3) is 3.36. The summed E-state index contributed by atoms with van der Waals surface area (Å²) in [6.45, 7) is 1.91. The van der Waals surface area contributed by atoms with E-state index in [4.69, 9.17) is 5.73 Å². The van der Waals surface area contributed by atoms with Crippen LogP contribution < -0.4 is 10.5 Å². The monoisotopic (exact) mass is 355 g/mol. The fraction of sp³-hybridized carbons (Fsp3) is 0.154. The van der Waals surface area contributed by atoms with E-state index in [0.29, 0.717) is 15.7 Å². The maximum absolute atomic E-state index is 12.3. The van der Waals surface area contributed by atoms with E-state index in [0.717, 1.165) is 5.56 Å². The van der Waals surface area contributed by atoms with Crippen LogP contribution in [0.4, 0.5) is 5.69 Å². The van der Waals surface area contributed by atoms with E-state index < -0.39 is 10.0 Å². The van der Waals surface area contributed by atoms with Crippen molar-refractivity contribution in [1.82, 2.24) is 9.71 Å². The second kappa shape index (κ2) is 5.90. The van der Waals surface area contributed by atoms with Gasteiger partial charge in [0.1, 0.15) is 0 Å². The minimum atomic E-state index is -3.61. The summed E-state index contributed by atoms with van der Waals surface area (Å²) in [6, 6.07) is 6.70. The predicted octanol–water partition coefficient (Wildman–Crippen LogP) is 2.21. The van der Waals surface area contributed by atoms with Crippen molar-refractivity contribution in [3.63, 3.8) is 0 Å². The number of nitrogens with one attached hydrogen (secondary N) is 1. The van der Waals surface area contributed by atoms with Crippen molar-refractivity contribution in [2.75, 3.05) is 5.73 Å². The van der Waals surface area contributed by atoms with E-state index in [2.05, 4.69) is 25.6 Å². The quantitative estimate of drug-likeness (QED) is 0.823. The Labute approximate surface area is 126 Å². The average molecular weight is 356 g/mol. The Morgan fingerprint density at radius 1 is 1.40 bits per heavy atom. The van der Waals surface area contributed by atoms with Crippen molar-refractivity contribution >= 4 is 31.6 Å². The molecule has 0 atom stereocenters. The van der Waals surface area contributed by atoms with Gasteiger partial charge >= 0.3 is 0 Å². The van der Waals surface area contributed by atoms with Gasteiger partial charge in [0.2, 0.25) is 10.0 Å². The molecule has 2 rings (SSSR count). The van der Waals surface area contributed by atoms with E-state index in [9.17, 15) is 8.42 Å². The zero-order valence-electron chi connectivity index (χ0n) is 10.8. The Morgan fingerprint density at radius 3 is 2.80 bits per heavy atom. The van der Waals surface area contributed by atoms with Crippen molar-refractivity contribution in [2.24, 2.45) is 0 Å². The number of halogens is 1. The molecule has 0 saturated heterocycles. The van der Waals surface area contributed by atoms with E-state index in [-0.39, 0.29) is 11.4 Å². The second-order valence-electron chi connectivity index (χ2n) is 4.33. The number of nitrogen functional groups attached to an aromatic ring is 1. The molecule has 1 aromatic carbocycles. The van der Waals surface area contributed by atoms with Crippen LogP contribution in [-0.4, -0.2) is 13.4 Å². The topological polar surface area (TPSA) is 85.1 Å². The molecular formula is C13H14BrN3O2S. The highest BCUT2D eigenvalue weighted by Crippen LogP contribution is 2.26.